The second kappa shape index (κ2) is 10.4. The summed E-state index contributed by atoms with van der Waals surface area (Å²) in [6.45, 7) is 5.62. The van der Waals surface area contributed by atoms with Crippen LogP contribution in [0.2, 0.25) is 5.02 Å². The Morgan fingerprint density at radius 1 is 1.10 bits per heavy atom. The lowest BCUT2D eigenvalue weighted by molar-refractivity contribution is -0.132. The van der Waals surface area contributed by atoms with Gasteiger partial charge in [-0.3, -0.25) is 14.4 Å². The van der Waals surface area contributed by atoms with E-state index >= 15 is 0 Å². The first kappa shape index (κ1) is 25.5. The number of aliphatic imine (C=N–C) groups is 1. The van der Waals surface area contributed by atoms with Crippen LogP contribution in [0, 0.1) is 25.7 Å². The maximum absolute atomic E-state index is 13.4. The highest BCUT2D eigenvalue weighted by molar-refractivity contribution is 7.15. The van der Waals surface area contributed by atoms with Gasteiger partial charge in [0.25, 0.3) is 0 Å². The van der Waals surface area contributed by atoms with Crippen LogP contribution in [0.1, 0.15) is 70.6 Å². The third-order valence-electron chi connectivity index (χ3n) is 7.32. The van der Waals surface area contributed by atoms with E-state index in [2.05, 4.69) is 38.5 Å². The number of thiophene rings is 1. The lowest BCUT2D eigenvalue weighted by Gasteiger charge is -2.27. The molecule has 2 aliphatic rings. The number of hydrogen-bond acceptors (Lipinski definition) is 6. The second-order valence-electron chi connectivity index (χ2n) is 9.96. The van der Waals surface area contributed by atoms with Crippen molar-refractivity contribution in [2.24, 2.45) is 12.0 Å². The third-order valence-corrected chi connectivity index (χ3v) is 8.76. The van der Waals surface area contributed by atoms with Crippen molar-refractivity contribution < 1.29 is 4.79 Å². The minimum Gasteiger partial charge on any atom is -0.343 e. The van der Waals surface area contributed by atoms with Gasteiger partial charge in [-0.15, -0.1) is 21.5 Å². The molecule has 10 heteroatoms. The van der Waals surface area contributed by atoms with Crippen molar-refractivity contribution in [1.29, 1.82) is 0 Å². The summed E-state index contributed by atoms with van der Waals surface area (Å²) in [5.41, 5.74) is 4.58. The number of carbonyl (C=O) groups is 1. The molecule has 3 aromatic heterocycles. The number of aromatic nitrogens is 5. The predicted octanol–water partition coefficient (Wildman–Crippen LogP) is 5.03. The molecule has 0 spiro atoms. The molecule has 39 heavy (non-hydrogen) atoms. The van der Waals surface area contributed by atoms with Crippen LogP contribution >= 0.6 is 22.9 Å². The Morgan fingerprint density at radius 2 is 1.87 bits per heavy atom. The number of piperidine rings is 1. The van der Waals surface area contributed by atoms with Gasteiger partial charge in [-0.2, -0.15) is 0 Å². The zero-order valence-electron chi connectivity index (χ0n) is 22.1. The van der Waals surface area contributed by atoms with Gasteiger partial charge in [0.15, 0.2) is 5.82 Å². The van der Waals surface area contributed by atoms with Crippen LogP contribution in [0.4, 0.5) is 0 Å². The Balaban J connectivity index is 1.51. The van der Waals surface area contributed by atoms with E-state index in [1.54, 1.807) is 23.9 Å². The number of halogens is 1. The number of amides is 1. The number of imidazole rings is 1. The van der Waals surface area contributed by atoms with Gasteiger partial charge < -0.3 is 9.47 Å². The molecule has 2 aliphatic heterocycles. The summed E-state index contributed by atoms with van der Waals surface area (Å²) in [5.74, 6) is 8.15. The summed E-state index contributed by atoms with van der Waals surface area (Å²) in [6, 6.07) is 7.23. The molecule has 0 bridgehead atoms. The van der Waals surface area contributed by atoms with Gasteiger partial charge in [0.2, 0.25) is 5.91 Å². The number of aryl methyl sites for hydroxylation is 2. The molecular formula is C29H28ClN7OS. The number of benzene rings is 1. The maximum atomic E-state index is 13.4. The molecule has 5 heterocycles. The normalized spacial score (nSPS) is 16.6. The molecule has 1 amide bonds. The smallest absolute Gasteiger partial charge is 0.225 e. The molecule has 1 atom stereocenters. The SMILES string of the molecule is Cc1c(C#Cc2cncn2C)sc2c1C(c1ccc(Cl)cc1)=N[C@@H](CC(=O)N1CCCCC1)c1nnc(C)n1-2. The molecule has 198 valence electrons. The molecule has 4 aromatic rings. The molecular weight excluding hydrogens is 530 g/mol. The highest BCUT2D eigenvalue weighted by Gasteiger charge is 2.33. The van der Waals surface area contributed by atoms with Crippen LogP contribution in [0.25, 0.3) is 5.00 Å². The van der Waals surface area contributed by atoms with Crippen LogP contribution < -0.4 is 0 Å². The van der Waals surface area contributed by atoms with Gasteiger partial charge >= 0.3 is 0 Å². The highest BCUT2D eigenvalue weighted by atomic mass is 35.5. The van der Waals surface area contributed by atoms with E-state index in [4.69, 9.17) is 16.6 Å². The first-order valence-corrected chi connectivity index (χ1v) is 14.3. The van der Waals surface area contributed by atoms with Crippen molar-refractivity contribution in [1.82, 2.24) is 29.2 Å². The van der Waals surface area contributed by atoms with Crippen LogP contribution in [0.3, 0.4) is 0 Å². The summed E-state index contributed by atoms with van der Waals surface area (Å²) < 4.78 is 3.95. The van der Waals surface area contributed by atoms with Crippen LogP contribution in [-0.2, 0) is 11.8 Å². The fourth-order valence-electron chi connectivity index (χ4n) is 5.18. The standard InChI is InChI=1S/C29H28ClN7OS/c1-18-24(12-11-22-16-31-17-35(22)3)39-29-26(18)27(20-7-9-21(30)10-8-20)32-23(28-34-33-19(2)37(28)29)15-25(38)36-13-5-4-6-14-36/h7-10,16-17,23H,4-6,13-15H2,1-3H3/t23-/m0/s1. The average molecular weight is 558 g/mol. The summed E-state index contributed by atoms with van der Waals surface area (Å²) in [4.78, 5) is 25.7. The number of carbonyl (C=O) groups excluding carboxylic acids is 1. The van der Waals surface area contributed by atoms with E-state index in [1.807, 2.05) is 47.7 Å². The number of hydrogen-bond donors (Lipinski definition) is 0. The van der Waals surface area contributed by atoms with Gasteiger partial charge in [0.05, 0.1) is 29.5 Å². The number of rotatable bonds is 3. The third kappa shape index (κ3) is 4.79. The zero-order valence-corrected chi connectivity index (χ0v) is 23.7. The maximum Gasteiger partial charge on any atom is 0.225 e. The lowest BCUT2D eigenvalue weighted by Crippen LogP contribution is -2.36. The van der Waals surface area contributed by atoms with Crippen LogP contribution in [0.15, 0.2) is 41.8 Å². The molecule has 1 aromatic carbocycles. The van der Waals surface area contributed by atoms with Gasteiger partial charge in [0.1, 0.15) is 22.6 Å². The molecule has 8 nitrogen and oxygen atoms in total. The van der Waals surface area contributed by atoms with Crippen molar-refractivity contribution >= 4 is 34.6 Å². The Bertz CT molecular complexity index is 1640. The van der Waals surface area contributed by atoms with E-state index in [-0.39, 0.29) is 12.3 Å². The van der Waals surface area contributed by atoms with E-state index < -0.39 is 6.04 Å². The van der Waals surface area contributed by atoms with Crippen LogP contribution in [0.5, 0.6) is 0 Å². The van der Waals surface area contributed by atoms with Crippen molar-refractivity contribution in [3.05, 3.63) is 80.7 Å². The van der Waals surface area contributed by atoms with E-state index in [0.717, 1.165) is 69.7 Å². The van der Waals surface area contributed by atoms with Gasteiger partial charge in [-0.05, 0) is 62.6 Å². The van der Waals surface area contributed by atoms with Crippen LogP contribution in [-0.4, -0.2) is 53.9 Å². The monoisotopic (exact) mass is 557 g/mol. The molecule has 0 unspecified atom stereocenters. The Labute approximate surface area is 236 Å². The summed E-state index contributed by atoms with van der Waals surface area (Å²) in [5, 5.41) is 10.6. The molecule has 0 aliphatic carbocycles. The summed E-state index contributed by atoms with van der Waals surface area (Å²) in [7, 11) is 1.93. The van der Waals surface area contributed by atoms with Gasteiger partial charge in [-0.1, -0.05) is 23.7 Å². The Kier molecular flexibility index (Phi) is 6.83. The first-order valence-electron chi connectivity index (χ1n) is 13.1. The van der Waals surface area contributed by atoms with E-state index in [0.29, 0.717) is 10.8 Å². The fourth-order valence-corrected chi connectivity index (χ4v) is 6.52. The molecule has 6 rings (SSSR count). The van der Waals surface area contributed by atoms with Crippen molar-refractivity contribution in [3.63, 3.8) is 0 Å². The quantitative estimate of drug-likeness (QED) is 0.331. The predicted molar refractivity (Wildman–Crippen MR) is 153 cm³/mol. The highest BCUT2D eigenvalue weighted by Crippen LogP contribution is 2.40. The van der Waals surface area contributed by atoms with E-state index in [1.165, 1.54) is 6.42 Å². The Hall–Kier alpha value is -3.74. The zero-order chi connectivity index (χ0) is 27.1. The summed E-state index contributed by atoms with van der Waals surface area (Å²) in [6.07, 6.45) is 7.01. The molecule has 1 fully saturated rings. The molecule has 0 radical (unpaired) electrons. The number of likely N-dealkylation sites (tertiary alicyclic amines) is 1. The van der Waals surface area contributed by atoms with Crippen molar-refractivity contribution in [2.75, 3.05) is 13.1 Å². The van der Waals surface area contributed by atoms with Gasteiger partial charge in [-0.25, -0.2) is 4.98 Å². The van der Waals surface area contributed by atoms with Gasteiger partial charge in [0, 0.05) is 36.3 Å². The Morgan fingerprint density at radius 3 is 2.59 bits per heavy atom. The minimum absolute atomic E-state index is 0.107. The second-order valence-corrected chi connectivity index (χ2v) is 11.4. The minimum atomic E-state index is -0.464. The van der Waals surface area contributed by atoms with E-state index in [9.17, 15) is 4.79 Å². The van der Waals surface area contributed by atoms with Crippen molar-refractivity contribution in [3.8, 4) is 16.8 Å². The largest absolute Gasteiger partial charge is 0.343 e. The first-order chi connectivity index (χ1) is 18.9. The molecule has 1 saturated heterocycles. The average Bonchev–Trinajstić information content (AvgIpc) is 3.60. The molecule has 0 N–H and O–H groups in total. The number of fused-ring (bicyclic) bond motifs is 3. The number of nitrogens with zero attached hydrogens (tertiary/aromatic N) is 7. The topological polar surface area (TPSA) is 81.2 Å². The lowest BCUT2D eigenvalue weighted by atomic mass is 9.99. The summed E-state index contributed by atoms with van der Waals surface area (Å²) >= 11 is 7.84. The molecule has 0 saturated carbocycles. The fraction of sp³-hybridized carbons (Fsp3) is 0.345. The van der Waals surface area contributed by atoms with Crippen molar-refractivity contribution in [2.45, 2.75) is 45.6 Å².